The molecule has 11 atom stereocenters. The van der Waals surface area contributed by atoms with Crippen molar-refractivity contribution < 1.29 is 10.2 Å². The predicted octanol–water partition coefficient (Wildman–Crippen LogP) is 5.85. The molecular formula is C27H45N3O2. The first-order valence-electron chi connectivity index (χ1n) is 13.6. The first-order valence-corrected chi connectivity index (χ1v) is 13.6. The van der Waals surface area contributed by atoms with Gasteiger partial charge in [0.15, 0.2) is 6.67 Å². The van der Waals surface area contributed by atoms with Crippen LogP contribution in [0.25, 0.3) is 0 Å². The van der Waals surface area contributed by atoms with Gasteiger partial charge in [0, 0.05) is 6.42 Å². The van der Waals surface area contributed by atoms with Gasteiger partial charge in [0.05, 0.1) is 12.2 Å². The number of hydrogen-bond donors (Lipinski definition) is 2. The van der Waals surface area contributed by atoms with Crippen molar-refractivity contribution in [2.45, 2.75) is 104 Å². The van der Waals surface area contributed by atoms with Gasteiger partial charge in [-0.1, -0.05) is 34.1 Å². The van der Waals surface area contributed by atoms with E-state index in [1.54, 1.807) is 0 Å². The summed E-state index contributed by atoms with van der Waals surface area (Å²) in [5.74, 6) is 4.88. The van der Waals surface area contributed by atoms with Crippen LogP contribution in [-0.2, 0) is 0 Å². The molecule has 0 bridgehead atoms. The van der Waals surface area contributed by atoms with E-state index in [1.165, 1.54) is 25.7 Å². The lowest BCUT2D eigenvalue weighted by molar-refractivity contribution is -0.203. The predicted molar refractivity (Wildman–Crippen MR) is 127 cm³/mol. The molecule has 4 aliphatic carbocycles. The van der Waals surface area contributed by atoms with Crippen LogP contribution < -0.4 is 0 Å². The number of azo groups is 1. The first kappa shape index (κ1) is 23.0. The van der Waals surface area contributed by atoms with Gasteiger partial charge in [0.25, 0.3) is 0 Å². The minimum atomic E-state index is -0.194. The molecule has 5 aliphatic rings. The second-order valence-electron chi connectivity index (χ2n) is 12.6. The summed E-state index contributed by atoms with van der Waals surface area (Å²) in [6.45, 7) is 10.3. The fraction of sp³-hybridized carbons (Fsp3) is 0.963. The maximum atomic E-state index is 11.8. The summed E-state index contributed by atoms with van der Waals surface area (Å²) in [5, 5.41) is 30.5. The maximum Gasteiger partial charge on any atom is 0.152 e. The maximum absolute atomic E-state index is 11.8. The highest BCUT2D eigenvalue weighted by atomic mass is 16.3. The Hall–Kier alpha value is -0.810. The van der Waals surface area contributed by atoms with E-state index in [-0.39, 0.29) is 12.2 Å². The quantitative estimate of drug-likeness (QED) is 0.559. The zero-order valence-corrected chi connectivity index (χ0v) is 20.7. The van der Waals surface area contributed by atoms with Gasteiger partial charge in [-0.05, 0) is 104 Å². The highest BCUT2D eigenvalue weighted by molar-refractivity contribution is 5.83. The molecular weight excluding hydrogens is 398 g/mol. The third-order valence-electron chi connectivity index (χ3n) is 11.5. The standard InChI is InChI=1S/C27H45N3O2/c1-5-18-22-14-17(31)10-12-27(22,4)21-11-13-26(3)19(7-8-20(26)24(21)25(18)32)16(2)6-9-23-28-15-29-30-23/h16-22,24-25,31-32H,5-15H2,1-4H3/t16-,17-,18-,19-,20?,21?,22+,24+,25-,26-,27-/m1/s1. The van der Waals surface area contributed by atoms with Crippen LogP contribution in [0.3, 0.4) is 0 Å². The summed E-state index contributed by atoms with van der Waals surface area (Å²) in [6.07, 6.45) is 10.9. The van der Waals surface area contributed by atoms with Gasteiger partial charge >= 0.3 is 0 Å². The summed E-state index contributed by atoms with van der Waals surface area (Å²) in [4.78, 5) is 4.40. The molecule has 32 heavy (non-hydrogen) atoms. The minimum Gasteiger partial charge on any atom is -0.393 e. The number of rotatable bonds is 5. The minimum absolute atomic E-state index is 0.166. The van der Waals surface area contributed by atoms with Crippen LogP contribution in [0.15, 0.2) is 15.2 Å². The van der Waals surface area contributed by atoms with Gasteiger partial charge in [0.2, 0.25) is 0 Å². The molecule has 0 amide bonds. The Balaban J connectivity index is 1.38. The molecule has 0 spiro atoms. The molecule has 1 heterocycles. The molecule has 0 aromatic carbocycles. The van der Waals surface area contributed by atoms with Crippen LogP contribution in [0, 0.1) is 52.3 Å². The van der Waals surface area contributed by atoms with Gasteiger partial charge in [-0.3, -0.25) is 0 Å². The lowest BCUT2D eigenvalue weighted by Crippen LogP contribution is -2.62. The Morgan fingerprint density at radius 3 is 2.47 bits per heavy atom. The van der Waals surface area contributed by atoms with Crippen molar-refractivity contribution in [3.05, 3.63) is 0 Å². The van der Waals surface area contributed by atoms with Crippen molar-refractivity contribution in [1.82, 2.24) is 0 Å². The van der Waals surface area contributed by atoms with Crippen molar-refractivity contribution in [1.29, 1.82) is 0 Å². The van der Waals surface area contributed by atoms with E-state index in [0.29, 0.717) is 53.0 Å². The SMILES string of the molecule is CC[C@H]1[C@@H](O)[C@H]2C3CC[C@H]([C@H](C)CCC4=NCN=N4)[C@@]3(C)CCC2[C@@]2(C)CC[C@@H](O)C[C@@H]12. The fourth-order valence-corrected chi connectivity index (χ4v) is 9.88. The van der Waals surface area contributed by atoms with Crippen molar-refractivity contribution in [3.63, 3.8) is 0 Å². The van der Waals surface area contributed by atoms with Crippen LogP contribution in [-0.4, -0.2) is 34.9 Å². The normalized spacial score (nSPS) is 51.0. The molecule has 5 heteroatoms. The van der Waals surface area contributed by atoms with E-state index in [0.717, 1.165) is 50.3 Å². The average molecular weight is 444 g/mol. The summed E-state index contributed by atoms with van der Waals surface area (Å²) < 4.78 is 0. The van der Waals surface area contributed by atoms with Gasteiger partial charge in [0.1, 0.15) is 5.84 Å². The van der Waals surface area contributed by atoms with Gasteiger partial charge in [-0.2, -0.15) is 5.11 Å². The topological polar surface area (TPSA) is 77.5 Å². The molecule has 0 aromatic rings. The van der Waals surface area contributed by atoms with Gasteiger partial charge in [-0.15, -0.1) is 5.11 Å². The zero-order chi connectivity index (χ0) is 22.7. The third-order valence-corrected chi connectivity index (χ3v) is 11.5. The Labute approximate surface area is 194 Å². The smallest absolute Gasteiger partial charge is 0.152 e. The van der Waals surface area contributed by atoms with Crippen molar-refractivity contribution in [2.24, 2.45) is 67.5 Å². The highest BCUT2D eigenvalue weighted by Gasteiger charge is 2.64. The van der Waals surface area contributed by atoms with Crippen LogP contribution in [0.5, 0.6) is 0 Å². The van der Waals surface area contributed by atoms with E-state index in [4.69, 9.17) is 0 Å². The zero-order valence-electron chi connectivity index (χ0n) is 20.7. The van der Waals surface area contributed by atoms with Crippen molar-refractivity contribution in [2.75, 3.05) is 6.67 Å². The number of aliphatic imine (C=N–C) groups is 1. The molecule has 0 radical (unpaired) electrons. The molecule has 0 aromatic heterocycles. The van der Waals surface area contributed by atoms with Crippen LogP contribution in [0.4, 0.5) is 0 Å². The molecule has 1 aliphatic heterocycles. The van der Waals surface area contributed by atoms with Crippen LogP contribution in [0.1, 0.15) is 91.9 Å². The number of nitrogens with zero attached hydrogens (tertiary/aromatic N) is 3. The molecule has 180 valence electrons. The van der Waals surface area contributed by atoms with Gasteiger partial charge < -0.3 is 10.2 Å². The van der Waals surface area contributed by atoms with E-state index < -0.39 is 0 Å². The molecule has 2 unspecified atom stereocenters. The number of hydrogen-bond acceptors (Lipinski definition) is 5. The Kier molecular flexibility index (Phi) is 6.06. The number of fused-ring (bicyclic) bond motifs is 5. The lowest BCUT2D eigenvalue weighted by Gasteiger charge is -2.64. The summed E-state index contributed by atoms with van der Waals surface area (Å²) in [6, 6.07) is 0. The number of amidine groups is 1. The van der Waals surface area contributed by atoms with Crippen LogP contribution >= 0.6 is 0 Å². The van der Waals surface area contributed by atoms with E-state index in [9.17, 15) is 10.2 Å². The average Bonchev–Trinajstić information content (AvgIpc) is 3.41. The lowest BCUT2D eigenvalue weighted by atomic mass is 9.41. The third kappa shape index (κ3) is 3.43. The fourth-order valence-electron chi connectivity index (χ4n) is 9.88. The van der Waals surface area contributed by atoms with Gasteiger partial charge in [-0.25, -0.2) is 4.99 Å². The van der Waals surface area contributed by atoms with E-state index in [1.807, 2.05) is 0 Å². The monoisotopic (exact) mass is 443 g/mol. The molecule has 4 fully saturated rings. The van der Waals surface area contributed by atoms with E-state index in [2.05, 4.69) is 42.9 Å². The largest absolute Gasteiger partial charge is 0.393 e. The van der Waals surface area contributed by atoms with Crippen molar-refractivity contribution >= 4 is 5.84 Å². The summed E-state index contributed by atoms with van der Waals surface area (Å²) in [7, 11) is 0. The van der Waals surface area contributed by atoms with Crippen molar-refractivity contribution in [3.8, 4) is 0 Å². The molecule has 5 rings (SSSR count). The van der Waals surface area contributed by atoms with Crippen LogP contribution in [0.2, 0.25) is 0 Å². The Morgan fingerprint density at radius 2 is 1.75 bits per heavy atom. The second kappa shape index (κ2) is 8.45. The molecule has 5 nitrogen and oxygen atoms in total. The molecule has 4 saturated carbocycles. The van der Waals surface area contributed by atoms with E-state index >= 15 is 0 Å². The number of aliphatic hydroxyl groups excluding tert-OH is 2. The Bertz CT molecular complexity index is 768. The number of aliphatic hydroxyl groups is 2. The second-order valence-corrected chi connectivity index (χ2v) is 12.6. The Morgan fingerprint density at radius 1 is 1.00 bits per heavy atom. The summed E-state index contributed by atoms with van der Waals surface area (Å²) in [5.41, 5.74) is 0.636. The first-order chi connectivity index (χ1) is 15.3. The molecule has 2 N–H and O–H groups in total. The highest BCUT2D eigenvalue weighted by Crippen LogP contribution is 2.69. The summed E-state index contributed by atoms with van der Waals surface area (Å²) >= 11 is 0. The molecule has 0 saturated heterocycles.